The largest absolute Gasteiger partial charge is 0.271 e. The first-order valence-corrected chi connectivity index (χ1v) is 6.57. The minimum Gasteiger partial charge on any atom is -0.271 e. The van der Waals surface area contributed by atoms with E-state index in [0.717, 1.165) is 17.5 Å². The van der Waals surface area contributed by atoms with E-state index in [0.29, 0.717) is 8.67 Å². The minimum absolute atomic E-state index is 0.0475. The van der Waals surface area contributed by atoms with Gasteiger partial charge in [0.25, 0.3) is 0 Å². The normalized spacial score (nSPS) is 12.6. The van der Waals surface area contributed by atoms with Crippen molar-refractivity contribution in [2.75, 3.05) is 0 Å². The summed E-state index contributed by atoms with van der Waals surface area (Å²) in [5.41, 5.74) is 4.84. The Bertz CT molecular complexity index is 487. The van der Waals surface area contributed by atoms with Gasteiger partial charge in [-0.3, -0.25) is 16.3 Å². The van der Waals surface area contributed by atoms with Crippen molar-refractivity contribution in [2.24, 2.45) is 5.84 Å². The van der Waals surface area contributed by atoms with Crippen molar-refractivity contribution in [2.45, 2.75) is 12.5 Å². The van der Waals surface area contributed by atoms with Gasteiger partial charge in [-0.2, -0.15) is 0 Å². The van der Waals surface area contributed by atoms with Crippen LogP contribution < -0.4 is 11.3 Å². The third-order valence-electron chi connectivity index (χ3n) is 2.45. The lowest BCUT2D eigenvalue weighted by Gasteiger charge is -2.15. The number of thiophene rings is 1. The molecule has 6 heteroatoms. The lowest BCUT2D eigenvalue weighted by molar-refractivity contribution is 0.553. The van der Waals surface area contributed by atoms with E-state index in [1.807, 2.05) is 18.2 Å². The summed E-state index contributed by atoms with van der Waals surface area (Å²) >= 11 is 13.4. The van der Waals surface area contributed by atoms with Gasteiger partial charge in [0.1, 0.15) is 0 Å². The molecule has 0 spiro atoms. The molecule has 0 saturated heterocycles. The van der Waals surface area contributed by atoms with Crippen molar-refractivity contribution in [3.05, 3.63) is 50.4 Å². The van der Waals surface area contributed by atoms with Crippen molar-refractivity contribution in [3.8, 4) is 0 Å². The fourth-order valence-electron chi connectivity index (χ4n) is 1.60. The molecule has 2 heterocycles. The van der Waals surface area contributed by atoms with Crippen LogP contribution in [0.4, 0.5) is 0 Å². The fraction of sp³-hybridized carbons (Fsp3) is 0.182. The number of nitrogens with two attached hydrogens (primary N) is 1. The quantitative estimate of drug-likeness (QED) is 0.671. The van der Waals surface area contributed by atoms with Gasteiger partial charge >= 0.3 is 0 Å². The highest BCUT2D eigenvalue weighted by atomic mass is 35.5. The average Bonchev–Trinajstić information content (AvgIpc) is 2.67. The van der Waals surface area contributed by atoms with Crippen LogP contribution in [0, 0.1) is 0 Å². The minimum atomic E-state index is -0.0475. The number of pyridine rings is 1. The van der Waals surface area contributed by atoms with Gasteiger partial charge < -0.3 is 0 Å². The van der Waals surface area contributed by atoms with E-state index in [-0.39, 0.29) is 6.04 Å². The molecule has 2 rings (SSSR count). The van der Waals surface area contributed by atoms with E-state index in [1.165, 1.54) is 11.3 Å². The van der Waals surface area contributed by atoms with Gasteiger partial charge in [-0.05, 0) is 30.2 Å². The van der Waals surface area contributed by atoms with Gasteiger partial charge in [-0.1, -0.05) is 23.2 Å². The standard InChI is InChI=1S/C11H11Cl2N3S/c12-10-6-8(11(13)17-10)9(16-14)5-7-1-3-15-4-2-7/h1-4,6,9,16H,5,14H2. The zero-order valence-electron chi connectivity index (χ0n) is 8.86. The Kier molecular flexibility index (Phi) is 4.36. The van der Waals surface area contributed by atoms with Crippen LogP contribution in [-0.2, 0) is 6.42 Å². The Labute approximate surface area is 114 Å². The number of halogens is 2. The zero-order chi connectivity index (χ0) is 12.3. The molecule has 2 aromatic heterocycles. The third-order valence-corrected chi connectivity index (χ3v) is 3.97. The summed E-state index contributed by atoms with van der Waals surface area (Å²) in [6.45, 7) is 0. The first-order valence-electron chi connectivity index (χ1n) is 5.00. The molecule has 90 valence electrons. The molecular formula is C11H11Cl2N3S. The topological polar surface area (TPSA) is 50.9 Å². The molecule has 17 heavy (non-hydrogen) atoms. The molecule has 0 aromatic carbocycles. The lowest BCUT2D eigenvalue weighted by Crippen LogP contribution is -2.29. The first-order chi connectivity index (χ1) is 8.20. The van der Waals surface area contributed by atoms with Crippen molar-refractivity contribution in [1.29, 1.82) is 0 Å². The van der Waals surface area contributed by atoms with Crippen LogP contribution in [0.15, 0.2) is 30.6 Å². The van der Waals surface area contributed by atoms with E-state index < -0.39 is 0 Å². The molecule has 0 fully saturated rings. The maximum Gasteiger partial charge on any atom is 0.0992 e. The first kappa shape index (κ1) is 12.8. The molecule has 0 aliphatic rings. The van der Waals surface area contributed by atoms with Crippen LogP contribution in [0.2, 0.25) is 8.67 Å². The van der Waals surface area contributed by atoms with Crippen LogP contribution in [0.5, 0.6) is 0 Å². The summed E-state index contributed by atoms with van der Waals surface area (Å²) in [5.74, 6) is 5.57. The summed E-state index contributed by atoms with van der Waals surface area (Å²) < 4.78 is 1.34. The number of nitrogens with zero attached hydrogens (tertiary/aromatic N) is 1. The molecular weight excluding hydrogens is 277 g/mol. The molecule has 0 aliphatic carbocycles. The Morgan fingerprint density at radius 2 is 2.06 bits per heavy atom. The number of hydrazine groups is 1. The Morgan fingerprint density at radius 1 is 1.35 bits per heavy atom. The van der Waals surface area contributed by atoms with E-state index >= 15 is 0 Å². The molecule has 3 nitrogen and oxygen atoms in total. The second kappa shape index (κ2) is 5.80. The van der Waals surface area contributed by atoms with E-state index in [4.69, 9.17) is 29.0 Å². The number of aromatic nitrogens is 1. The van der Waals surface area contributed by atoms with Crippen LogP contribution in [-0.4, -0.2) is 4.98 Å². The number of hydrogen-bond acceptors (Lipinski definition) is 4. The van der Waals surface area contributed by atoms with Gasteiger partial charge in [-0.25, -0.2) is 0 Å². The van der Waals surface area contributed by atoms with Gasteiger partial charge in [0.15, 0.2) is 0 Å². The van der Waals surface area contributed by atoms with Gasteiger partial charge in [0, 0.05) is 18.0 Å². The van der Waals surface area contributed by atoms with Crippen molar-refractivity contribution < 1.29 is 0 Å². The van der Waals surface area contributed by atoms with Gasteiger partial charge in [0.05, 0.1) is 14.7 Å². The molecule has 0 radical (unpaired) electrons. The molecule has 0 amide bonds. The molecule has 0 aliphatic heterocycles. The molecule has 3 N–H and O–H groups in total. The highest BCUT2D eigenvalue weighted by molar-refractivity contribution is 7.20. The molecule has 0 bridgehead atoms. The number of rotatable bonds is 4. The Morgan fingerprint density at radius 3 is 2.59 bits per heavy atom. The predicted octanol–water partition coefficient (Wildman–Crippen LogP) is 3.20. The fourth-order valence-corrected chi connectivity index (χ4v) is 3.18. The second-order valence-corrected chi connectivity index (χ2v) is 5.84. The van der Waals surface area contributed by atoms with Crippen LogP contribution >= 0.6 is 34.5 Å². The SMILES string of the molecule is NNC(Cc1ccncc1)c1cc(Cl)sc1Cl. The maximum absolute atomic E-state index is 6.11. The summed E-state index contributed by atoms with van der Waals surface area (Å²) in [5, 5.41) is 0. The summed E-state index contributed by atoms with van der Waals surface area (Å²) in [4.78, 5) is 3.98. The predicted molar refractivity (Wildman–Crippen MR) is 72.3 cm³/mol. The molecule has 1 atom stereocenters. The van der Waals surface area contributed by atoms with Gasteiger partial charge in [0.2, 0.25) is 0 Å². The highest BCUT2D eigenvalue weighted by Crippen LogP contribution is 2.35. The number of nitrogens with one attached hydrogen (secondary N) is 1. The van der Waals surface area contributed by atoms with E-state index in [1.54, 1.807) is 12.4 Å². The average molecular weight is 288 g/mol. The molecule has 0 saturated carbocycles. The van der Waals surface area contributed by atoms with Crippen LogP contribution in [0.25, 0.3) is 0 Å². The summed E-state index contributed by atoms with van der Waals surface area (Å²) in [6.07, 6.45) is 4.25. The van der Waals surface area contributed by atoms with E-state index in [9.17, 15) is 0 Å². The van der Waals surface area contributed by atoms with Crippen molar-refractivity contribution in [3.63, 3.8) is 0 Å². The monoisotopic (exact) mass is 287 g/mol. The second-order valence-electron chi connectivity index (χ2n) is 3.56. The summed E-state index contributed by atoms with van der Waals surface area (Å²) in [7, 11) is 0. The van der Waals surface area contributed by atoms with Crippen molar-refractivity contribution in [1.82, 2.24) is 10.4 Å². The molecule has 2 aromatic rings. The highest BCUT2D eigenvalue weighted by Gasteiger charge is 2.16. The van der Waals surface area contributed by atoms with Crippen LogP contribution in [0.3, 0.4) is 0 Å². The molecule has 1 unspecified atom stereocenters. The Hall–Kier alpha value is -0.650. The number of hydrogen-bond donors (Lipinski definition) is 2. The lowest BCUT2D eigenvalue weighted by atomic mass is 10.0. The van der Waals surface area contributed by atoms with Crippen molar-refractivity contribution >= 4 is 34.5 Å². The zero-order valence-corrected chi connectivity index (χ0v) is 11.2. The van der Waals surface area contributed by atoms with Gasteiger partial charge in [-0.15, -0.1) is 11.3 Å². The van der Waals surface area contributed by atoms with Crippen LogP contribution in [0.1, 0.15) is 17.2 Å². The summed E-state index contributed by atoms with van der Waals surface area (Å²) in [6, 6.07) is 5.70. The Balaban J connectivity index is 2.20. The smallest absolute Gasteiger partial charge is 0.0992 e. The third kappa shape index (κ3) is 3.18. The van der Waals surface area contributed by atoms with E-state index in [2.05, 4.69) is 10.4 Å². The maximum atomic E-state index is 6.11.